The number of nitrogens with zero attached hydrogens (tertiary/aromatic N) is 1. The van der Waals surface area contributed by atoms with Gasteiger partial charge in [-0.25, -0.2) is 4.90 Å². The van der Waals surface area contributed by atoms with Crippen molar-refractivity contribution in [1.29, 1.82) is 0 Å². The minimum absolute atomic E-state index is 0.0897. The van der Waals surface area contributed by atoms with Crippen molar-refractivity contribution in [2.45, 2.75) is 25.5 Å². The molecule has 0 saturated carbocycles. The fourth-order valence-corrected chi connectivity index (χ4v) is 3.86. The number of imide groups is 1. The zero-order valence-electron chi connectivity index (χ0n) is 16.0. The van der Waals surface area contributed by atoms with Gasteiger partial charge in [0.25, 0.3) is 0 Å². The van der Waals surface area contributed by atoms with Crippen molar-refractivity contribution < 1.29 is 19.1 Å². The van der Waals surface area contributed by atoms with Gasteiger partial charge < -0.3 is 10.1 Å². The van der Waals surface area contributed by atoms with E-state index in [9.17, 15) is 14.4 Å². The molecule has 28 heavy (non-hydrogen) atoms. The highest BCUT2D eigenvalue weighted by Crippen LogP contribution is 2.30. The SMILES string of the molecule is COc1ccc(N2C(=O)C[C@H](SCC(=O)Nc3ccc(C)c(C)c3)C2=O)cc1. The number of rotatable bonds is 6. The molecule has 3 amide bonds. The maximum atomic E-state index is 12.6. The molecule has 1 N–H and O–H groups in total. The van der Waals surface area contributed by atoms with Crippen molar-refractivity contribution in [3.63, 3.8) is 0 Å². The third kappa shape index (κ3) is 4.36. The lowest BCUT2D eigenvalue weighted by Crippen LogP contribution is -2.31. The van der Waals surface area contributed by atoms with Crippen molar-refractivity contribution in [3.05, 3.63) is 53.6 Å². The summed E-state index contributed by atoms with van der Waals surface area (Å²) >= 11 is 1.19. The van der Waals surface area contributed by atoms with Gasteiger partial charge in [0.1, 0.15) is 5.75 Å². The van der Waals surface area contributed by atoms with Gasteiger partial charge in [-0.05, 0) is 61.4 Å². The van der Waals surface area contributed by atoms with Gasteiger partial charge in [-0.3, -0.25) is 14.4 Å². The smallest absolute Gasteiger partial charge is 0.247 e. The molecule has 2 aromatic carbocycles. The quantitative estimate of drug-likeness (QED) is 0.756. The van der Waals surface area contributed by atoms with Gasteiger partial charge in [0, 0.05) is 12.1 Å². The topological polar surface area (TPSA) is 75.7 Å². The number of ether oxygens (including phenoxy) is 1. The van der Waals surface area contributed by atoms with Gasteiger partial charge in [-0.1, -0.05) is 6.07 Å². The molecule has 1 aliphatic rings. The third-order valence-electron chi connectivity index (χ3n) is 4.64. The molecule has 1 atom stereocenters. The van der Waals surface area contributed by atoms with E-state index in [1.165, 1.54) is 16.7 Å². The summed E-state index contributed by atoms with van der Waals surface area (Å²) in [4.78, 5) is 38.4. The van der Waals surface area contributed by atoms with Gasteiger partial charge in [-0.2, -0.15) is 0 Å². The number of hydrogen-bond acceptors (Lipinski definition) is 5. The Labute approximate surface area is 168 Å². The number of carbonyl (C=O) groups excluding carboxylic acids is 3. The van der Waals surface area contributed by atoms with Crippen molar-refractivity contribution in [2.75, 3.05) is 23.1 Å². The van der Waals surface area contributed by atoms with E-state index in [1.807, 2.05) is 32.0 Å². The van der Waals surface area contributed by atoms with Crippen LogP contribution in [-0.2, 0) is 14.4 Å². The fourth-order valence-electron chi connectivity index (χ4n) is 2.93. The number of methoxy groups -OCH3 is 1. The van der Waals surface area contributed by atoms with Gasteiger partial charge in [0.15, 0.2) is 0 Å². The van der Waals surface area contributed by atoms with Crippen LogP contribution in [0.5, 0.6) is 5.75 Å². The van der Waals surface area contributed by atoms with Gasteiger partial charge in [-0.15, -0.1) is 11.8 Å². The zero-order valence-corrected chi connectivity index (χ0v) is 16.8. The van der Waals surface area contributed by atoms with Crippen LogP contribution in [0.2, 0.25) is 0 Å². The fraction of sp³-hybridized carbons (Fsp3) is 0.286. The van der Waals surface area contributed by atoms with Crippen LogP contribution in [0.3, 0.4) is 0 Å². The summed E-state index contributed by atoms with van der Waals surface area (Å²) < 4.78 is 5.10. The Balaban J connectivity index is 1.58. The number of amides is 3. The van der Waals surface area contributed by atoms with Crippen LogP contribution >= 0.6 is 11.8 Å². The standard InChI is InChI=1S/C21H22N2O4S/c1-13-4-5-15(10-14(13)2)22-19(24)12-28-18-11-20(25)23(21(18)26)16-6-8-17(27-3)9-7-16/h4-10,18H,11-12H2,1-3H3,(H,22,24)/t18-/m0/s1. The Bertz CT molecular complexity index is 911. The third-order valence-corrected chi connectivity index (χ3v) is 5.84. The monoisotopic (exact) mass is 398 g/mol. The summed E-state index contributed by atoms with van der Waals surface area (Å²) in [7, 11) is 1.55. The molecule has 3 rings (SSSR count). The second kappa shape index (κ2) is 8.48. The first-order valence-corrected chi connectivity index (χ1v) is 9.93. The summed E-state index contributed by atoms with van der Waals surface area (Å²) in [6.07, 6.45) is 0.0897. The number of thioether (sulfide) groups is 1. The van der Waals surface area contributed by atoms with E-state index < -0.39 is 5.25 Å². The zero-order chi connectivity index (χ0) is 20.3. The molecule has 7 heteroatoms. The molecule has 0 aliphatic carbocycles. The van der Waals surface area contributed by atoms with E-state index in [2.05, 4.69) is 5.32 Å². The first-order valence-electron chi connectivity index (χ1n) is 8.88. The van der Waals surface area contributed by atoms with E-state index in [-0.39, 0.29) is 29.9 Å². The predicted octanol–water partition coefficient (Wildman–Crippen LogP) is 3.32. The normalized spacial score (nSPS) is 16.4. The highest BCUT2D eigenvalue weighted by molar-refractivity contribution is 8.01. The lowest BCUT2D eigenvalue weighted by atomic mass is 10.1. The van der Waals surface area contributed by atoms with Crippen molar-refractivity contribution in [3.8, 4) is 5.75 Å². The Kier molecular flexibility index (Phi) is 6.04. The van der Waals surface area contributed by atoms with E-state index in [1.54, 1.807) is 31.4 Å². The molecular formula is C21H22N2O4S. The van der Waals surface area contributed by atoms with E-state index in [0.29, 0.717) is 11.4 Å². The molecule has 1 saturated heterocycles. The second-order valence-corrected chi connectivity index (χ2v) is 7.81. The number of nitrogens with one attached hydrogen (secondary N) is 1. The molecule has 0 spiro atoms. The summed E-state index contributed by atoms with van der Waals surface area (Å²) in [6, 6.07) is 12.5. The first-order chi connectivity index (χ1) is 13.4. The lowest BCUT2D eigenvalue weighted by molar-refractivity contribution is -0.121. The Morgan fingerprint density at radius 2 is 1.86 bits per heavy atom. The summed E-state index contributed by atoms with van der Waals surface area (Å²) in [6.45, 7) is 3.99. The molecule has 0 radical (unpaired) electrons. The van der Waals surface area contributed by atoms with Crippen LogP contribution < -0.4 is 15.0 Å². The minimum Gasteiger partial charge on any atom is -0.497 e. The molecular weight excluding hydrogens is 376 g/mol. The van der Waals surface area contributed by atoms with Crippen LogP contribution in [0, 0.1) is 13.8 Å². The Morgan fingerprint density at radius 1 is 1.14 bits per heavy atom. The maximum Gasteiger partial charge on any atom is 0.247 e. The average Bonchev–Trinajstić information content (AvgIpc) is 2.96. The second-order valence-electron chi connectivity index (χ2n) is 6.62. The largest absolute Gasteiger partial charge is 0.497 e. The van der Waals surface area contributed by atoms with Crippen molar-refractivity contribution >= 4 is 40.9 Å². The summed E-state index contributed by atoms with van der Waals surface area (Å²) in [5, 5.41) is 2.28. The van der Waals surface area contributed by atoms with E-state index in [4.69, 9.17) is 4.74 Å². The summed E-state index contributed by atoms with van der Waals surface area (Å²) in [5.41, 5.74) is 3.49. The number of hydrogen-bond donors (Lipinski definition) is 1. The van der Waals surface area contributed by atoms with Crippen molar-refractivity contribution in [2.24, 2.45) is 0 Å². The highest BCUT2D eigenvalue weighted by atomic mass is 32.2. The van der Waals surface area contributed by atoms with Crippen molar-refractivity contribution in [1.82, 2.24) is 0 Å². The molecule has 1 aliphatic heterocycles. The lowest BCUT2D eigenvalue weighted by Gasteiger charge is -2.15. The molecule has 1 heterocycles. The van der Waals surface area contributed by atoms with E-state index in [0.717, 1.165) is 16.8 Å². The predicted molar refractivity (Wildman–Crippen MR) is 111 cm³/mol. The summed E-state index contributed by atoms with van der Waals surface area (Å²) in [5.74, 6) is 0.00197. The number of aryl methyl sites for hydroxylation is 2. The number of anilines is 2. The average molecular weight is 398 g/mol. The van der Waals surface area contributed by atoms with E-state index >= 15 is 0 Å². The molecule has 2 aromatic rings. The minimum atomic E-state index is -0.555. The molecule has 146 valence electrons. The van der Waals surface area contributed by atoms with Crippen LogP contribution in [0.25, 0.3) is 0 Å². The van der Waals surface area contributed by atoms with Gasteiger partial charge in [0.05, 0.1) is 23.8 Å². The van der Waals surface area contributed by atoms with Crippen LogP contribution in [0.1, 0.15) is 17.5 Å². The van der Waals surface area contributed by atoms with Crippen LogP contribution in [-0.4, -0.2) is 35.8 Å². The Morgan fingerprint density at radius 3 is 2.50 bits per heavy atom. The molecule has 0 unspecified atom stereocenters. The highest BCUT2D eigenvalue weighted by Gasteiger charge is 2.40. The molecule has 0 aromatic heterocycles. The first kappa shape index (κ1) is 19.9. The maximum absolute atomic E-state index is 12.6. The number of benzene rings is 2. The van der Waals surface area contributed by atoms with Crippen LogP contribution in [0.4, 0.5) is 11.4 Å². The molecule has 1 fully saturated rings. The van der Waals surface area contributed by atoms with Crippen LogP contribution in [0.15, 0.2) is 42.5 Å². The van der Waals surface area contributed by atoms with Gasteiger partial charge in [0.2, 0.25) is 17.7 Å². The molecule has 6 nitrogen and oxygen atoms in total. The Hall–Kier alpha value is -2.80. The number of carbonyl (C=O) groups is 3. The van der Waals surface area contributed by atoms with Gasteiger partial charge >= 0.3 is 0 Å². The molecule has 0 bridgehead atoms.